The lowest BCUT2D eigenvalue weighted by molar-refractivity contribution is -0.131. The second-order valence-corrected chi connectivity index (χ2v) is 14.4. The molecule has 0 aromatic heterocycles. The minimum atomic E-state index is -4.38. The number of sulfonamides is 1. The molecule has 13 heteroatoms. The molecule has 1 atom stereocenters. The van der Waals surface area contributed by atoms with Crippen LogP contribution in [0.2, 0.25) is 5.02 Å². The lowest BCUT2D eigenvalue weighted by Gasteiger charge is -2.38. The van der Waals surface area contributed by atoms with Gasteiger partial charge in [-0.15, -0.1) is 0 Å². The average molecular weight is 672 g/mol. The van der Waals surface area contributed by atoms with Crippen molar-refractivity contribution in [2.24, 2.45) is 0 Å². The first-order chi connectivity index (χ1) is 21.9. The number of halogens is 2. The molecule has 2 aliphatic heterocycles. The molecule has 5 rings (SSSR count). The number of amides is 3. The van der Waals surface area contributed by atoms with Crippen molar-refractivity contribution in [3.05, 3.63) is 65.4 Å². The van der Waals surface area contributed by atoms with E-state index in [0.717, 1.165) is 22.5 Å². The van der Waals surface area contributed by atoms with Crippen LogP contribution < -0.4 is 9.80 Å². The van der Waals surface area contributed by atoms with Gasteiger partial charge in [0.25, 0.3) is 0 Å². The Morgan fingerprint density at radius 1 is 0.913 bits per heavy atom. The highest BCUT2D eigenvalue weighted by Gasteiger charge is 2.42. The fourth-order valence-electron chi connectivity index (χ4n) is 5.91. The number of carbonyl (C=O) groups excluding carboxylic acids is 3. The first kappa shape index (κ1) is 33.8. The Morgan fingerprint density at radius 2 is 1.63 bits per heavy atom. The maximum atomic E-state index is 15.6. The van der Waals surface area contributed by atoms with Crippen LogP contribution in [0, 0.1) is 5.82 Å². The predicted octanol–water partition coefficient (Wildman–Crippen LogP) is 4.36. The lowest BCUT2D eigenvalue weighted by atomic mass is 10.0. The largest absolute Gasteiger partial charge is 0.343 e. The maximum Gasteiger partial charge on any atom is 0.245 e. The highest BCUT2D eigenvalue weighted by Crippen LogP contribution is 2.33. The van der Waals surface area contributed by atoms with Crippen molar-refractivity contribution in [2.45, 2.75) is 43.0 Å². The molecule has 2 saturated heterocycles. The van der Waals surface area contributed by atoms with Gasteiger partial charge >= 0.3 is 0 Å². The molecule has 3 aromatic rings. The van der Waals surface area contributed by atoms with Gasteiger partial charge in [-0.1, -0.05) is 23.7 Å². The molecule has 46 heavy (non-hydrogen) atoms. The number of rotatable bonds is 10. The number of hydrogen-bond donors (Lipinski definition) is 0. The molecule has 3 amide bonds. The van der Waals surface area contributed by atoms with Crippen LogP contribution in [-0.4, -0.2) is 100 Å². The number of fused-ring (bicyclic) bond motifs is 1. The van der Waals surface area contributed by atoms with Gasteiger partial charge in [-0.3, -0.25) is 14.4 Å². The smallest absolute Gasteiger partial charge is 0.245 e. The normalized spacial score (nSPS) is 17.8. The second kappa shape index (κ2) is 14.0. The summed E-state index contributed by atoms with van der Waals surface area (Å²) in [6, 6.07) is 12.7. The quantitative estimate of drug-likeness (QED) is 0.318. The molecule has 1 unspecified atom stereocenters. The van der Waals surface area contributed by atoms with E-state index >= 15 is 4.39 Å². The number of anilines is 2. The van der Waals surface area contributed by atoms with Crippen molar-refractivity contribution in [3.63, 3.8) is 0 Å². The molecule has 10 nitrogen and oxygen atoms in total. The molecule has 2 fully saturated rings. The van der Waals surface area contributed by atoms with Crippen LogP contribution in [0.4, 0.5) is 15.8 Å². The van der Waals surface area contributed by atoms with E-state index in [1.54, 1.807) is 42.3 Å². The molecule has 3 aromatic carbocycles. The van der Waals surface area contributed by atoms with Crippen LogP contribution in [0.25, 0.3) is 10.8 Å². The molecule has 0 saturated carbocycles. The predicted molar refractivity (Wildman–Crippen MR) is 177 cm³/mol. The van der Waals surface area contributed by atoms with Crippen molar-refractivity contribution in [1.29, 1.82) is 0 Å². The number of hydrogen-bond acceptors (Lipinski definition) is 6. The molecular weight excluding hydrogens is 633 g/mol. The fraction of sp³-hybridized carbons (Fsp3) is 0.424. The summed E-state index contributed by atoms with van der Waals surface area (Å²) >= 11 is 6.12. The standard InChI is InChI=1S/C33H39ClFN5O5S/c1-36(2)17-18-37(3)32(42)22-40(46(44,45)27-13-10-23-19-25(34)11-9-24(23)20-27)30-7-6-16-39(33(30)43)29-14-12-26(21-28(29)35)38-15-5-4-8-31(38)41/h9-14,19-21,30H,4-8,15-18,22H2,1-3H3. The average Bonchev–Trinajstić information content (AvgIpc) is 3.02. The summed E-state index contributed by atoms with van der Waals surface area (Å²) in [6.07, 6.45) is 2.55. The molecule has 2 aliphatic rings. The Hall–Kier alpha value is -3.58. The molecule has 0 radical (unpaired) electrons. The molecule has 0 aliphatic carbocycles. The summed E-state index contributed by atoms with van der Waals surface area (Å²) in [6.45, 7) is 1.03. The van der Waals surface area contributed by atoms with Crippen molar-refractivity contribution >= 4 is 61.5 Å². The fourth-order valence-corrected chi connectivity index (χ4v) is 7.68. The van der Waals surface area contributed by atoms with E-state index in [1.807, 2.05) is 19.0 Å². The highest BCUT2D eigenvalue weighted by atomic mass is 35.5. The number of benzene rings is 3. The van der Waals surface area contributed by atoms with Crippen LogP contribution >= 0.6 is 11.6 Å². The van der Waals surface area contributed by atoms with Crippen molar-refractivity contribution in [1.82, 2.24) is 14.1 Å². The summed E-state index contributed by atoms with van der Waals surface area (Å²) < 4.78 is 45.2. The first-order valence-electron chi connectivity index (χ1n) is 15.4. The third-order valence-corrected chi connectivity index (χ3v) is 10.7. The van der Waals surface area contributed by atoms with Crippen LogP contribution in [0.1, 0.15) is 32.1 Å². The summed E-state index contributed by atoms with van der Waals surface area (Å²) in [5.41, 5.74) is 0.414. The third kappa shape index (κ3) is 7.20. The maximum absolute atomic E-state index is 15.6. The summed E-state index contributed by atoms with van der Waals surface area (Å²) in [4.78, 5) is 46.0. The van der Waals surface area contributed by atoms with Gasteiger partial charge in [0, 0.05) is 50.4 Å². The number of carbonyl (C=O) groups is 3. The van der Waals surface area contributed by atoms with Crippen molar-refractivity contribution in [3.8, 4) is 0 Å². The molecule has 246 valence electrons. The van der Waals surface area contributed by atoms with E-state index in [1.165, 1.54) is 34.1 Å². The monoisotopic (exact) mass is 671 g/mol. The van der Waals surface area contributed by atoms with E-state index in [0.29, 0.717) is 48.6 Å². The van der Waals surface area contributed by atoms with Crippen LogP contribution in [0.3, 0.4) is 0 Å². The molecule has 2 heterocycles. The topological polar surface area (TPSA) is 102 Å². The SMILES string of the molecule is CN(C)CCN(C)C(=O)CN(C1CCCN(c2ccc(N3CCCCC3=O)cc2F)C1=O)S(=O)(=O)c1ccc2cc(Cl)ccc2c1. The van der Waals surface area contributed by atoms with Gasteiger partial charge in [-0.25, -0.2) is 12.8 Å². The Morgan fingerprint density at radius 3 is 2.35 bits per heavy atom. The zero-order chi connectivity index (χ0) is 33.2. The Balaban J connectivity index is 1.48. The zero-order valence-corrected chi connectivity index (χ0v) is 27.9. The van der Waals surface area contributed by atoms with Gasteiger partial charge in [-0.2, -0.15) is 4.31 Å². The Bertz CT molecular complexity index is 1750. The van der Waals surface area contributed by atoms with Gasteiger partial charge < -0.3 is 19.6 Å². The van der Waals surface area contributed by atoms with E-state index < -0.39 is 40.2 Å². The molecular formula is C33H39ClFN5O5S. The van der Waals surface area contributed by atoms with Crippen LogP contribution in [0.5, 0.6) is 0 Å². The van der Waals surface area contributed by atoms with E-state index in [4.69, 9.17) is 11.6 Å². The van der Waals surface area contributed by atoms with Crippen LogP contribution in [0.15, 0.2) is 59.5 Å². The van der Waals surface area contributed by atoms with Gasteiger partial charge in [0.15, 0.2) is 0 Å². The van der Waals surface area contributed by atoms with E-state index in [9.17, 15) is 22.8 Å². The van der Waals surface area contributed by atoms with Crippen LogP contribution in [-0.2, 0) is 24.4 Å². The van der Waals surface area contributed by atoms with Crippen molar-refractivity contribution < 1.29 is 27.2 Å². The zero-order valence-electron chi connectivity index (χ0n) is 26.3. The Labute approximate surface area is 274 Å². The highest BCUT2D eigenvalue weighted by molar-refractivity contribution is 7.89. The van der Waals surface area contributed by atoms with Gasteiger partial charge in [-0.05, 0) is 93.0 Å². The van der Waals surface area contributed by atoms with Crippen molar-refractivity contribution in [2.75, 3.05) is 63.7 Å². The molecule has 0 spiro atoms. The summed E-state index contributed by atoms with van der Waals surface area (Å²) in [7, 11) is 0.948. The lowest BCUT2D eigenvalue weighted by Crippen LogP contribution is -2.56. The Kier molecular flexibility index (Phi) is 10.3. The number of piperidine rings is 2. The number of likely N-dealkylation sites (N-methyl/N-ethyl adjacent to an activating group) is 2. The second-order valence-electron chi connectivity index (χ2n) is 12.1. The third-order valence-electron chi connectivity index (χ3n) is 8.59. The van der Waals surface area contributed by atoms with E-state index in [-0.39, 0.29) is 29.5 Å². The molecule has 0 N–H and O–H groups in total. The van der Waals surface area contributed by atoms with Gasteiger partial charge in [0.05, 0.1) is 17.1 Å². The minimum Gasteiger partial charge on any atom is -0.343 e. The molecule has 0 bridgehead atoms. The minimum absolute atomic E-state index is 0.00253. The van der Waals surface area contributed by atoms with Gasteiger partial charge in [0.1, 0.15) is 11.9 Å². The summed E-state index contributed by atoms with van der Waals surface area (Å²) in [5.74, 6) is -1.85. The summed E-state index contributed by atoms with van der Waals surface area (Å²) in [5, 5.41) is 1.88. The first-order valence-corrected chi connectivity index (χ1v) is 17.2. The number of nitrogens with zero attached hydrogens (tertiary/aromatic N) is 5. The van der Waals surface area contributed by atoms with E-state index in [2.05, 4.69) is 0 Å². The van der Waals surface area contributed by atoms with Gasteiger partial charge in [0.2, 0.25) is 27.7 Å².